The summed E-state index contributed by atoms with van der Waals surface area (Å²) >= 11 is 0. The Morgan fingerprint density at radius 1 is 1.24 bits per heavy atom. The second kappa shape index (κ2) is 7.16. The van der Waals surface area contributed by atoms with Crippen molar-refractivity contribution in [2.24, 2.45) is 0 Å². The van der Waals surface area contributed by atoms with Crippen LogP contribution >= 0.6 is 7.52 Å². The normalized spacial score (nSPS) is 17.2. The minimum Gasteiger partial charge on any atom is -0.304 e. The molecule has 0 saturated heterocycles. The maximum Gasteiger partial charge on any atom is 0.371 e. The molecule has 0 amide bonds. The molecule has 0 aromatic rings. The fraction of sp³-hybridized carbons (Fsp3) is 0.917. The van der Waals surface area contributed by atoms with Gasteiger partial charge in [0.25, 0.3) is 0 Å². The van der Waals surface area contributed by atoms with Gasteiger partial charge in [0, 0.05) is 12.1 Å². The SMILES string of the molecule is CCCC(C)OP(=O)(C#N)N(C(C)C)C(C)C. The first-order chi connectivity index (χ1) is 7.78. The Morgan fingerprint density at radius 3 is 2.00 bits per heavy atom. The Balaban J connectivity index is 4.99. The van der Waals surface area contributed by atoms with Gasteiger partial charge in [-0.05, 0) is 41.0 Å². The first-order valence-electron chi connectivity index (χ1n) is 6.27. The average Bonchev–Trinajstić information content (AvgIpc) is 2.16. The molecular formula is C12H25N2O2P. The monoisotopic (exact) mass is 260 g/mol. The molecule has 5 heteroatoms. The van der Waals surface area contributed by atoms with Crippen molar-refractivity contribution in [2.45, 2.75) is 72.6 Å². The topological polar surface area (TPSA) is 53.3 Å². The van der Waals surface area contributed by atoms with Crippen LogP contribution in [-0.2, 0) is 9.09 Å². The summed E-state index contributed by atoms with van der Waals surface area (Å²) in [6, 6.07) is 0.0450. The maximum absolute atomic E-state index is 12.6. The molecule has 0 aliphatic rings. The minimum absolute atomic E-state index is 0.0225. The first kappa shape index (κ1) is 16.6. The lowest BCUT2D eigenvalue weighted by Gasteiger charge is -2.34. The van der Waals surface area contributed by atoms with Crippen LogP contribution in [0.4, 0.5) is 0 Å². The highest BCUT2D eigenvalue weighted by Crippen LogP contribution is 2.53. The summed E-state index contributed by atoms with van der Waals surface area (Å²) in [5, 5.41) is 9.19. The molecule has 0 spiro atoms. The van der Waals surface area contributed by atoms with Crippen LogP contribution < -0.4 is 0 Å². The lowest BCUT2D eigenvalue weighted by Crippen LogP contribution is -2.35. The van der Waals surface area contributed by atoms with E-state index in [0.29, 0.717) is 0 Å². The Morgan fingerprint density at radius 2 is 1.71 bits per heavy atom. The molecule has 100 valence electrons. The van der Waals surface area contributed by atoms with Gasteiger partial charge in [-0.25, -0.2) is 4.67 Å². The zero-order valence-corrected chi connectivity index (χ0v) is 12.7. The minimum atomic E-state index is -3.37. The Kier molecular flexibility index (Phi) is 7.01. The van der Waals surface area contributed by atoms with Gasteiger partial charge < -0.3 is 4.52 Å². The summed E-state index contributed by atoms with van der Waals surface area (Å²) in [5.74, 6) is 1.89. The van der Waals surface area contributed by atoms with Gasteiger partial charge in [-0.2, -0.15) is 5.26 Å². The molecule has 0 bridgehead atoms. The fourth-order valence-corrected chi connectivity index (χ4v) is 4.11. The molecule has 0 aliphatic carbocycles. The third kappa shape index (κ3) is 4.79. The maximum atomic E-state index is 12.6. The van der Waals surface area contributed by atoms with Gasteiger partial charge in [0.1, 0.15) is 0 Å². The summed E-state index contributed by atoms with van der Waals surface area (Å²) in [5.41, 5.74) is 0. The average molecular weight is 260 g/mol. The molecule has 0 saturated carbocycles. The van der Waals surface area contributed by atoms with Crippen LogP contribution in [0, 0.1) is 11.1 Å². The standard InChI is InChI=1S/C12H25N2O2P/c1-7-8-12(6)16-17(15,9-13)14(10(2)3)11(4)5/h10-12H,7-8H2,1-6H3. The molecule has 0 fully saturated rings. The summed E-state index contributed by atoms with van der Waals surface area (Å²) < 4.78 is 19.8. The van der Waals surface area contributed by atoms with Crippen molar-refractivity contribution >= 4 is 7.52 Å². The summed E-state index contributed by atoms with van der Waals surface area (Å²) in [7, 11) is -3.37. The highest BCUT2D eigenvalue weighted by molar-refractivity contribution is 7.61. The highest BCUT2D eigenvalue weighted by Gasteiger charge is 2.37. The quantitative estimate of drug-likeness (QED) is 0.649. The Bertz CT molecular complexity index is 302. The van der Waals surface area contributed by atoms with Gasteiger partial charge in [0.2, 0.25) is 0 Å². The van der Waals surface area contributed by atoms with Crippen molar-refractivity contribution in [3.63, 3.8) is 0 Å². The van der Waals surface area contributed by atoms with Crippen molar-refractivity contribution in [1.82, 2.24) is 4.67 Å². The third-order valence-electron chi connectivity index (χ3n) is 2.51. The second-order valence-electron chi connectivity index (χ2n) is 4.89. The van der Waals surface area contributed by atoms with Crippen molar-refractivity contribution in [3.8, 4) is 5.81 Å². The lowest BCUT2D eigenvalue weighted by atomic mass is 10.2. The zero-order valence-electron chi connectivity index (χ0n) is 11.8. The molecule has 0 rings (SSSR count). The van der Waals surface area contributed by atoms with Gasteiger partial charge in [-0.15, -0.1) is 0 Å². The van der Waals surface area contributed by atoms with Gasteiger partial charge >= 0.3 is 7.52 Å². The third-order valence-corrected chi connectivity index (χ3v) is 4.94. The van der Waals surface area contributed by atoms with Crippen LogP contribution in [0.2, 0.25) is 0 Å². The fourth-order valence-electron chi connectivity index (χ4n) is 2.04. The molecule has 0 heterocycles. The predicted octanol–water partition coefficient (Wildman–Crippen LogP) is 3.98. The summed E-state index contributed by atoms with van der Waals surface area (Å²) in [4.78, 5) is 0. The number of hydrogen-bond acceptors (Lipinski definition) is 3. The Labute approximate surface area is 105 Å². The van der Waals surface area contributed by atoms with Gasteiger partial charge in [-0.1, -0.05) is 13.3 Å². The van der Waals surface area contributed by atoms with Gasteiger partial charge in [0.15, 0.2) is 5.81 Å². The number of nitrogens with zero attached hydrogens (tertiary/aromatic N) is 2. The molecule has 0 aromatic carbocycles. The van der Waals surface area contributed by atoms with Crippen LogP contribution in [0.15, 0.2) is 0 Å². The predicted molar refractivity (Wildman–Crippen MR) is 70.8 cm³/mol. The number of hydrogen-bond donors (Lipinski definition) is 0. The van der Waals surface area contributed by atoms with E-state index >= 15 is 0 Å². The summed E-state index contributed by atoms with van der Waals surface area (Å²) in [6.45, 7) is 11.6. The van der Waals surface area contributed by atoms with Crippen LogP contribution in [0.5, 0.6) is 0 Å². The van der Waals surface area contributed by atoms with E-state index in [0.717, 1.165) is 12.8 Å². The van der Waals surface area contributed by atoms with Crippen LogP contribution in [0.1, 0.15) is 54.4 Å². The zero-order chi connectivity index (χ0) is 13.6. The van der Waals surface area contributed by atoms with Gasteiger partial charge in [0.05, 0.1) is 6.10 Å². The van der Waals surface area contributed by atoms with Crippen molar-refractivity contribution in [1.29, 1.82) is 5.26 Å². The van der Waals surface area contributed by atoms with E-state index < -0.39 is 7.52 Å². The van der Waals surface area contributed by atoms with E-state index in [2.05, 4.69) is 0 Å². The first-order valence-corrected chi connectivity index (χ1v) is 7.84. The molecule has 0 aromatic heterocycles. The molecule has 2 unspecified atom stereocenters. The van der Waals surface area contributed by atoms with Crippen LogP contribution in [-0.4, -0.2) is 22.9 Å². The number of nitriles is 1. The molecule has 0 radical (unpaired) electrons. The molecule has 4 nitrogen and oxygen atoms in total. The molecule has 0 aliphatic heterocycles. The smallest absolute Gasteiger partial charge is 0.304 e. The van der Waals surface area contributed by atoms with Crippen LogP contribution in [0.3, 0.4) is 0 Å². The summed E-state index contributed by atoms with van der Waals surface area (Å²) in [6.07, 6.45) is 1.62. The van der Waals surface area contributed by atoms with E-state index in [1.165, 1.54) is 0 Å². The second-order valence-corrected chi connectivity index (χ2v) is 6.81. The number of rotatable bonds is 7. The van der Waals surface area contributed by atoms with E-state index in [9.17, 15) is 9.83 Å². The van der Waals surface area contributed by atoms with Crippen molar-refractivity contribution in [2.75, 3.05) is 0 Å². The van der Waals surface area contributed by atoms with Crippen LogP contribution in [0.25, 0.3) is 0 Å². The lowest BCUT2D eigenvalue weighted by molar-refractivity contribution is 0.169. The van der Waals surface area contributed by atoms with E-state index in [1.54, 1.807) is 4.67 Å². The Hall–Kier alpha value is -0.360. The highest BCUT2D eigenvalue weighted by atomic mass is 31.2. The van der Waals surface area contributed by atoms with E-state index in [-0.39, 0.29) is 18.2 Å². The largest absolute Gasteiger partial charge is 0.371 e. The molecular weight excluding hydrogens is 235 g/mol. The van der Waals surface area contributed by atoms with Crippen molar-refractivity contribution in [3.05, 3.63) is 0 Å². The molecule has 17 heavy (non-hydrogen) atoms. The van der Waals surface area contributed by atoms with Gasteiger partial charge in [-0.3, -0.25) is 4.57 Å². The van der Waals surface area contributed by atoms with Crippen molar-refractivity contribution < 1.29 is 9.09 Å². The van der Waals surface area contributed by atoms with E-state index in [1.807, 2.05) is 47.4 Å². The van der Waals surface area contributed by atoms with E-state index in [4.69, 9.17) is 4.52 Å². The molecule has 2 atom stereocenters. The molecule has 0 N–H and O–H groups in total.